The van der Waals surface area contributed by atoms with Gasteiger partial charge in [-0.05, 0) is 242 Å². The van der Waals surface area contributed by atoms with Crippen LogP contribution in [-0.4, -0.2) is 189 Å². The highest BCUT2D eigenvalue weighted by molar-refractivity contribution is 9.10. The first-order valence-corrected chi connectivity index (χ1v) is 50.6. The van der Waals surface area contributed by atoms with Gasteiger partial charge in [0.2, 0.25) is 0 Å². The third kappa shape index (κ3) is 47.8. The molecule has 13 rings (SSSR count). The van der Waals surface area contributed by atoms with Crippen molar-refractivity contribution in [1.82, 2.24) is 20.9 Å². The number of hydrogen-bond donors (Lipinski definition) is 6. The standard InChI is InChI=1S/C25H32FNO5.C22H28FNO5.C22H26FNO4.C13H10BrFO.C12H21NO4.C6H4BrFO.C5H12O3.H2P2S/c1-24(2,3)32-23(28)27-20(22-16-30-25(4,5)31-22)14-18-11-12-21(19(26)13-18)29-15-17-9-7-6-8-10-17;1-22(2,3)29-21(27)24-18(19(26)13-25)12-16-9-10-20(17(23)11-16)28-14-15-7-5-4-6-8-15;1-22(2,3)28-21(25)24-18(20-14-27-20)12-16-9-10-19(17(23)11-16)26-13-15-7-5-4-6-8-15;14-11-6-7-13(12(15)8-11)16-9-10-4-2-1-3-5-10;1-11(2,3)17-10(14)13-6-8(13)9-7-15-12(4,5)16-9;7-4-1-2-6(9)5(8)3-4;1-5(6-2,7-3)8-4;1-2-3/h6-13,20,22H,14-16H2,1-5H3,(H,27,28);4-11,18-19,25-26H,12-14H2,1-3H3,(H,24,27);4-11,18,20H,12-14H2,1-3H3,(H,24,25);1-8H,9H2;8-9H,6-7H2,1-5H3;1-3,9H;1-4H3;1H2/p+1/t20-,22+;18-,19+;18-,20+;;8-,9-,13?;;;/m000.1.../s1/i/hT. The Bertz CT molecular complexity index is 5400. The number of aliphatic hydroxyl groups is 2. The number of carbonyl (C=O) groups excluding carboxylic acids is 4. The molecule has 6 N–H and O–H groups in total. The monoisotopic (exact) mass is 2170 g/mol. The highest BCUT2D eigenvalue weighted by Crippen LogP contribution is 2.35. The fourth-order valence-corrected chi connectivity index (χ4v) is 13.5. The van der Waals surface area contributed by atoms with Crippen LogP contribution in [0.3, 0.4) is 0 Å². The van der Waals surface area contributed by atoms with Crippen LogP contribution in [-0.2, 0) is 114 Å². The Morgan fingerprint density at radius 1 is 0.472 bits per heavy atom. The number of aliphatic hydroxyl groups excluding tert-OH is 2. The quantitative estimate of drug-likeness (QED) is 0.00834. The van der Waals surface area contributed by atoms with Crippen LogP contribution >= 0.6 is 47.8 Å². The number of nitrogens with one attached hydrogen (secondary N) is 3. The van der Waals surface area contributed by atoms with Gasteiger partial charge in [0.1, 0.15) is 67.1 Å². The summed E-state index contributed by atoms with van der Waals surface area (Å²) in [5.41, 5.74) is 3.48. The Morgan fingerprint density at radius 2 is 0.796 bits per heavy atom. The van der Waals surface area contributed by atoms with Crippen LogP contribution in [0.15, 0.2) is 221 Å². The average Bonchev–Trinajstić information content (AvgIpc) is 1.62. The molecule has 4 saturated heterocycles. The first kappa shape index (κ1) is 119. The van der Waals surface area contributed by atoms with Crippen LogP contribution in [0.25, 0.3) is 0 Å². The molecule has 778 valence electrons. The number of alkyl carbamates (subject to hydrolysis) is 3. The van der Waals surface area contributed by atoms with Gasteiger partial charge in [-0.15, -0.1) is 0 Å². The number of carbonyl (C=O) groups is 4. The van der Waals surface area contributed by atoms with E-state index in [4.69, 9.17) is 82.2 Å². The largest absolute Gasteiger partial charge is 0.505 e. The summed E-state index contributed by atoms with van der Waals surface area (Å²) in [4.78, 5) is 49.9. The van der Waals surface area contributed by atoms with Gasteiger partial charge >= 0.3 is 25.7 Å². The fraction of sp³-hybridized carbons (Fsp3) is 0.448. The summed E-state index contributed by atoms with van der Waals surface area (Å²) in [6.45, 7) is 32.5. The predicted molar refractivity (Wildman–Crippen MR) is 547 cm³/mol. The van der Waals surface area contributed by atoms with E-state index in [-0.39, 0.29) is 84.6 Å². The van der Waals surface area contributed by atoms with Crippen LogP contribution in [0.4, 0.5) is 41.1 Å². The van der Waals surface area contributed by atoms with Gasteiger partial charge in [-0.25, -0.2) is 41.1 Å². The van der Waals surface area contributed by atoms with Crippen LogP contribution in [0, 0.1) is 29.1 Å². The van der Waals surface area contributed by atoms with Gasteiger partial charge in [0, 0.05) is 43.7 Å². The van der Waals surface area contributed by atoms with Crippen LogP contribution in [0.2, 0.25) is 0 Å². The molecule has 10 atom stereocenters. The second kappa shape index (κ2) is 58.4. The first-order valence-electron chi connectivity index (χ1n) is 46.0. The van der Waals surface area contributed by atoms with Crippen molar-refractivity contribution in [2.45, 2.75) is 252 Å². The molecule has 0 saturated carbocycles. The summed E-state index contributed by atoms with van der Waals surface area (Å²) >= 11 is 10.6. The van der Waals surface area contributed by atoms with E-state index in [0.29, 0.717) is 72.5 Å². The number of aromatic hydroxyl groups is 1. The molecule has 4 heterocycles. The van der Waals surface area contributed by atoms with Gasteiger partial charge in [-0.1, -0.05) is 171 Å². The minimum absolute atomic E-state index is 0.0301. The number of hydrogen-bond acceptors (Lipinski definition) is 24. The Hall–Kier alpha value is -9.78. The minimum Gasteiger partial charge on any atom is -0.505 e. The molecule has 0 aliphatic carbocycles. The zero-order chi connectivity index (χ0) is 106. The van der Waals surface area contributed by atoms with Gasteiger partial charge in [0.15, 0.2) is 88.2 Å². The van der Waals surface area contributed by atoms with Crippen molar-refractivity contribution >= 4 is 84.0 Å². The highest BCUT2D eigenvalue weighted by atomic mass is 79.9. The molecule has 2 unspecified atom stereocenters. The number of nitrogens with zero attached hydrogens (tertiary/aromatic N) is 1. The van der Waals surface area contributed by atoms with E-state index >= 15 is 0 Å². The molecule has 142 heavy (non-hydrogen) atoms. The minimum atomic E-state index is -1.22. The molecule has 9 aromatic rings. The lowest BCUT2D eigenvalue weighted by Crippen LogP contribution is -2.48. The van der Waals surface area contributed by atoms with Crippen molar-refractivity contribution in [3.05, 3.63) is 289 Å². The summed E-state index contributed by atoms with van der Waals surface area (Å²) < 4.78 is 163. The summed E-state index contributed by atoms with van der Waals surface area (Å²) in [6.07, 6.45) is -2.88. The summed E-state index contributed by atoms with van der Waals surface area (Å²) in [5, 5.41) is 36.2. The molecule has 4 aliphatic rings. The summed E-state index contributed by atoms with van der Waals surface area (Å²) in [5.74, 6) is -4.13. The van der Waals surface area contributed by atoms with Gasteiger partial charge < -0.3 is 107 Å². The molecular formula is C105H136Br2F5N4O23P2S+. The van der Waals surface area contributed by atoms with Gasteiger partial charge in [0.25, 0.3) is 5.97 Å². The third-order valence-corrected chi connectivity index (χ3v) is 21.0. The van der Waals surface area contributed by atoms with E-state index in [1.54, 1.807) is 123 Å². The van der Waals surface area contributed by atoms with Gasteiger partial charge in [0.05, 0.1) is 65.6 Å². The Labute approximate surface area is 857 Å². The van der Waals surface area contributed by atoms with Crippen LogP contribution in [0.1, 0.15) is 157 Å². The zero-order valence-corrected chi connectivity index (χ0v) is 89.9. The van der Waals surface area contributed by atoms with E-state index in [2.05, 4.69) is 68.5 Å². The summed E-state index contributed by atoms with van der Waals surface area (Å²) in [6, 6.07) is 59.7. The van der Waals surface area contributed by atoms with E-state index in [9.17, 15) is 51.3 Å². The van der Waals surface area contributed by atoms with E-state index in [0.717, 1.165) is 27.8 Å². The van der Waals surface area contributed by atoms with Crippen molar-refractivity contribution in [2.24, 2.45) is 0 Å². The lowest BCUT2D eigenvalue weighted by Gasteiger charge is -2.27. The molecular weight excluding hydrogens is 2030 g/mol. The maximum absolute atomic E-state index is 14.7. The Kier molecular flexibility index (Phi) is 49.0. The molecule has 0 radical (unpaired) electrons. The Balaban J connectivity index is 0.000000264. The smallest absolute Gasteiger partial charge is 0.410 e. The zero-order valence-electron chi connectivity index (χ0n) is 84.8. The van der Waals surface area contributed by atoms with Crippen molar-refractivity contribution in [1.29, 1.82) is 1.28 Å². The SMILES string of the molecule is CC(C)(C)OC(=O)N1C[C@@H]1[C@H]1COC(C)(C)O1.CC(C)(C)OC(=O)N[C@@H](Cc1ccc(OCc2ccccc2)c(F)c1)[C@H](O)CO.CC(C)(C)OC(=O)N[C@@H](Cc1ccc(OCc2ccccc2)c(F)c1)[C@H]1CO1.CC(C)(C)OC(=O)N[C@@H](Cc1ccc(OCc2ccccc2)c(F)c1)[C@H]1COC(C)(C)O1.COC(C)(OC)OC.Fc1cc(Br)ccc1OCc1ccccc1.Oc1ccc(Br)cc1F.[3H][P+](P)=S. The van der Waals surface area contributed by atoms with Crippen LogP contribution < -0.4 is 34.9 Å². The number of ether oxygens (including phenoxy) is 16. The first-order chi connectivity index (χ1) is 67.0. The number of halogens is 7. The van der Waals surface area contributed by atoms with Crippen molar-refractivity contribution in [3.63, 3.8) is 0 Å². The maximum atomic E-state index is 14.7. The molecule has 9 aromatic carbocycles. The molecule has 37 heteroatoms. The van der Waals surface area contributed by atoms with Gasteiger partial charge in [-0.3, -0.25) is 4.90 Å². The van der Waals surface area contributed by atoms with Crippen LogP contribution in [0.5, 0.6) is 28.7 Å². The number of rotatable bonds is 29. The predicted octanol–water partition coefficient (Wildman–Crippen LogP) is 22.2. The van der Waals surface area contributed by atoms with E-state index < -0.39 is 119 Å². The molecule has 0 bridgehead atoms. The number of benzene rings is 9. The third-order valence-electron chi connectivity index (χ3n) is 20.0. The fourth-order valence-electron chi connectivity index (χ4n) is 12.8. The number of phenolic OH excluding ortho intramolecular Hbond substituents is 1. The highest BCUT2D eigenvalue weighted by Gasteiger charge is 2.51. The lowest BCUT2D eigenvalue weighted by atomic mass is 10.0. The molecule has 0 aromatic heterocycles. The van der Waals surface area contributed by atoms with E-state index in [1.165, 1.54) is 63.8 Å². The van der Waals surface area contributed by atoms with Crippen molar-refractivity contribution in [3.8, 4) is 28.7 Å². The maximum Gasteiger partial charge on any atom is 0.410 e. The number of amides is 4. The second-order valence-electron chi connectivity index (χ2n) is 37.6. The van der Waals surface area contributed by atoms with Gasteiger partial charge in [-0.2, -0.15) is 0 Å². The Morgan fingerprint density at radius 3 is 1.09 bits per heavy atom. The number of phenols is 1. The normalized spacial score (nSPS) is 16.8. The molecule has 4 fully saturated rings. The molecule has 27 nitrogen and oxygen atoms in total. The summed E-state index contributed by atoms with van der Waals surface area (Å²) in [7, 11) is 6.77. The molecule has 4 aliphatic heterocycles. The molecule has 4 amide bonds. The van der Waals surface area contributed by atoms with E-state index in [1.807, 2.05) is 170 Å². The van der Waals surface area contributed by atoms with Crippen molar-refractivity contribution in [2.75, 3.05) is 54.3 Å². The topological polar surface area (TPSA) is 319 Å². The second-order valence-corrected chi connectivity index (χ2v) is 42.1. The number of epoxide rings is 1. The average molecular weight is 2170 g/mol. The molecule has 0 spiro atoms. The lowest BCUT2D eigenvalue weighted by molar-refractivity contribution is -0.340. The van der Waals surface area contributed by atoms with Crippen molar-refractivity contribution < 1.29 is 132 Å². The number of methoxy groups -OCH3 is 3.